The molecular weight excluding hydrogens is 270 g/mol. The summed E-state index contributed by atoms with van der Waals surface area (Å²) in [5.41, 5.74) is 3.10. The molecule has 0 aliphatic carbocycles. The van der Waals surface area contributed by atoms with Crippen molar-refractivity contribution in [3.05, 3.63) is 58.2 Å². The minimum Gasteiger partial charge on any atom is -0.361 e. The molecule has 0 bridgehead atoms. The van der Waals surface area contributed by atoms with Crippen molar-refractivity contribution >= 4 is 11.3 Å². The van der Waals surface area contributed by atoms with Crippen LogP contribution in [0.4, 0.5) is 0 Å². The van der Waals surface area contributed by atoms with E-state index in [-0.39, 0.29) is 0 Å². The van der Waals surface area contributed by atoms with Crippen LogP contribution in [0, 0.1) is 6.92 Å². The largest absolute Gasteiger partial charge is 0.361 e. The Morgan fingerprint density at radius 2 is 2.05 bits per heavy atom. The second-order valence-corrected chi connectivity index (χ2v) is 5.44. The molecule has 3 rings (SSSR count). The maximum absolute atomic E-state index is 5.33. The van der Waals surface area contributed by atoms with Crippen LogP contribution in [0.1, 0.15) is 16.3 Å². The van der Waals surface area contributed by atoms with E-state index in [1.54, 1.807) is 11.3 Å². The van der Waals surface area contributed by atoms with E-state index in [9.17, 15) is 0 Å². The Labute approximate surface area is 121 Å². The Morgan fingerprint density at radius 3 is 2.80 bits per heavy atom. The van der Waals surface area contributed by atoms with Crippen LogP contribution in [0.25, 0.3) is 11.3 Å². The standard InChI is InChI=1S/C15H15N3OS/c1-11-13(9-16-10-14-17-7-8-20-14)15(18-19-11)12-5-3-2-4-6-12/h2-8,16H,9-10H2,1H3. The van der Waals surface area contributed by atoms with E-state index in [0.29, 0.717) is 0 Å². The molecule has 0 aliphatic heterocycles. The molecule has 2 heterocycles. The van der Waals surface area contributed by atoms with Crippen molar-refractivity contribution in [2.75, 3.05) is 0 Å². The van der Waals surface area contributed by atoms with Crippen LogP contribution in [0.15, 0.2) is 46.4 Å². The Morgan fingerprint density at radius 1 is 1.20 bits per heavy atom. The summed E-state index contributed by atoms with van der Waals surface area (Å²) in [5, 5.41) is 10.6. The van der Waals surface area contributed by atoms with E-state index >= 15 is 0 Å². The van der Waals surface area contributed by atoms with E-state index in [2.05, 4.69) is 15.5 Å². The molecule has 5 heteroatoms. The van der Waals surface area contributed by atoms with Gasteiger partial charge in [0, 0.05) is 35.8 Å². The molecule has 0 fully saturated rings. The molecular formula is C15H15N3OS. The minimum absolute atomic E-state index is 0.721. The smallest absolute Gasteiger partial charge is 0.138 e. The summed E-state index contributed by atoms with van der Waals surface area (Å²) >= 11 is 1.65. The Balaban J connectivity index is 1.74. The van der Waals surface area contributed by atoms with E-state index < -0.39 is 0 Å². The average Bonchev–Trinajstić information content (AvgIpc) is 3.11. The van der Waals surface area contributed by atoms with E-state index in [4.69, 9.17) is 4.52 Å². The first-order chi connectivity index (χ1) is 9.84. The first-order valence-corrected chi connectivity index (χ1v) is 7.32. The summed E-state index contributed by atoms with van der Waals surface area (Å²) in [5.74, 6) is 0.857. The quantitative estimate of drug-likeness (QED) is 0.780. The highest BCUT2D eigenvalue weighted by Crippen LogP contribution is 2.24. The fraction of sp³-hybridized carbons (Fsp3) is 0.200. The molecule has 0 spiro atoms. The zero-order chi connectivity index (χ0) is 13.8. The van der Waals surface area contributed by atoms with Gasteiger partial charge in [0.1, 0.15) is 16.5 Å². The topological polar surface area (TPSA) is 51.0 Å². The molecule has 1 N–H and O–H groups in total. The Bertz CT molecular complexity index is 662. The predicted octanol–water partition coefficient (Wildman–Crippen LogP) is 3.40. The van der Waals surface area contributed by atoms with Crippen LogP contribution < -0.4 is 5.32 Å². The maximum Gasteiger partial charge on any atom is 0.138 e. The van der Waals surface area contributed by atoms with Crippen LogP contribution in [0.5, 0.6) is 0 Å². The number of nitrogens with one attached hydrogen (secondary N) is 1. The third kappa shape index (κ3) is 2.79. The first-order valence-electron chi connectivity index (χ1n) is 6.44. The van der Waals surface area contributed by atoms with E-state index in [0.717, 1.165) is 40.7 Å². The molecule has 102 valence electrons. The number of nitrogens with zero attached hydrogens (tertiary/aromatic N) is 2. The van der Waals surface area contributed by atoms with Crippen molar-refractivity contribution in [2.45, 2.75) is 20.0 Å². The normalized spacial score (nSPS) is 10.8. The van der Waals surface area contributed by atoms with E-state index in [1.165, 1.54) is 0 Å². The lowest BCUT2D eigenvalue weighted by molar-refractivity contribution is 0.397. The number of hydrogen-bond acceptors (Lipinski definition) is 5. The van der Waals surface area contributed by atoms with Crippen LogP contribution in [0.2, 0.25) is 0 Å². The second-order valence-electron chi connectivity index (χ2n) is 4.46. The van der Waals surface area contributed by atoms with Gasteiger partial charge in [0.2, 0.25) is 0 Å². The second kappa shape index (κ2) is 5.98. The SMILES string of the molecule is Cc1onc(-c2ccccc2)c1CNCc1nccs1. The molecule has 0 unspecified atom stereocenters. The fourth-order valence-corrected chi connectivity index (χ4v) is 2.64. The summed E-state index contributed by atoms with van der Waals surface area (Å²) in [6, 6.07) is 10.1. The van der Waals surface area contributed by atoms with Crippen LogP contribution >= 0.6 is 11.3 Å². The molecule has 4 nitrogen and oxygen atoms in total. The Kier molecular flexibility index (Phi) is 3.90. The highest BCUT2D eigenvalue weighted by molar-refractivity contribution is 7.09. The summed E-state index contributed by atoms with van der Waals surface area (Å²) in [4.78, 5) is 4.26. The van der Waals surface area contributed by atoms with Gasteiger partial charge >= 0.3 is 0 Å². The van der Waals surface area contributed by atoms with Gasteiger partial charge in [-0.15, -0.1) is 11.3 Å². The zero-order valence-electron chi connectivity index (χ0n) is 11.2. The summed E-state index contributed by atoms with van der Waals surface area (Å²) in [6.45, 7) is 3.43. The van der Waals surface area contributed by atoms with Gasteiger partial charge in [0.15, 0.2) is 0 Å². The zero-order valence-corrected chi connectivity index (χ0v) is 12.0. The summed E-state index contributed by atoms with van der Waals surface area (Å²) in [7, 11) is 0. The Hall–Kier alpha value is -1.98. The lowest BCUT2D eigenvalue weighted by Crippen LogP contribution is -2.13. The van der Waals surface area contributed by atoms with Crippen molar-refractivity contribution in [2.24, 2.45) is 0 Å². The third-order valence-corrected chi connectivity index (χ3v) is 3.87. The number of benzene rings is 1. The fourth-order valence-electron chi connectivity index (χ4n) is 2.06. The average molecular weight is 285 g/mol. The van der Waals surface area contributed by atoms with Gasteiger partial charge in [-0.2, -0.15) is 0 Å². The molecule has 0 aliphatic rings. The maximum atomic E-state index is 5.33. The van der Waals surface area contributed by atoms with Gasteiger partial charge in [0.05, 0.1) is 0 Å². The minimum atomic E-state index is 0.721. The van der Waals surface area contributed by atoms with Gasteiger partial charge in [-0.05, 0) is 6.92 Å². The highest BCUT2D eigenvalue weighted by atomic mass is 32.1. The molecule has 0 amide bonds. The van der Waals surface area contributed by atoms with Gasteiger partial charge in [-0.25, -0.2) is 4.98 Å². The monoisotopic (exact) mass is 285 g/mol. The highest BCUT2D eigenvalue weighted by Gasteiger charge is 2.13. The number of rotatable bonds is 5. The first kappa shape index (κ1) is 13.0. The van der Waals surface area contributed by atoms with Gasteiger partial charge in [-0.1, -0.05) is 35.5 Å². The number of hydrogen-bond donors (Lipinski definition) is 1. The molecule has 0 radical (unpaired) electrons. The molecule has 0 atom stereocenters. The molecule has 3 aromatic rings. The number of aryl methyl sites for hydroxylation is 1. The van der Waals surface area contributed by atoms with Crippen molar-refractivity contribution in [1.29, 1.82) is 0 Å². The predicted molar refractivity (Wildman–Crippen MR) is 79.3 cm³/mol. The van der Waals surface area contributed by atoms with Crippen molar-refractivity contribution in [1.82, 2.24) is 15.5 Å². The van der Waals surface area contributed by atoms with Crippen molar-refractivity contribution in [3.63, 3.8) is 0 Å². The van der Waals surface area contributed by atoms with Gasteiger partial charge in [-0.3, -0.25) is 0 Å². The lowest BCUT2D eigenvalue weighted by atomic mass is 10.1. The molecule has 0 saturated heterocycles. The van der Waals surface area contributed by atoms with Crippen molar-refractivity contribution < 1.29 is 4.52 Å². The summed E-state index contributed by atoms with van der Waals surface area (Å²) < 4.78 is 5.33. The number of thiazole rings is 1. The molecule has 20 heavy (non-hydrogen) atoms. The van der Waals surface area contributed by atoms with Crippen LogP contribution in [-0.2, 0) is 13.1 Å². The molecule has 2 aromatic heterocycles. The third-order valence-electron chi connectivity index (χ3n) is 3.09. The van der Waals surface area contributed by atoms with Crippen LogP contribution in [0.3, 0.4) is 0 Å². The number of aromatic nitrogens is 2. The summed E-state index contributed by atoms with van der Waals surface area (Å²) in [6.07, 6.45) is 1.82. The molecule has 1 aromatic carbocycles. The van der Waals surface area contributed by atoms with Gasteiger partial charge < -0.3 is 9.84 Å². The lowest BCUT2D eigenvalue weighted by Gasteiger charge is -2.04. The van der Waals surface area contributed by atoms with Crippen LogP contribution in [-0.4, -0.2) is 10.1 Å². The van der Waals surface area contributed by atoms with Crippen molar-refractivity contribution in [3.8, 4) is 11.3 Å². The van der Waals surface area contributed by atoms with E-state index in [1.807, 2.05) is 48.8 Å². The molecule has 0 saturated carbocycles. The van der Waals surface area contributed by atoms with Gasteiger partial charge in [0.25, 0.3) is 0 Å².